The Morgan fingerprint density at radius 3 is 2.59 bits per heavy atom. The minimum absolute atomic E-state index is 0.0666. The number of rotatable bonds is 4. The van der Waals surface area contributed by atoms with E-state index in [0.29, 0.717) is 10.8 Å². The normalized spacial score (nSPS) is 11.8. The van der Waals surface area contributed by atoms with Crippen LogP contribution in [0.1, 0.15) is 5.01 Å². The summed E-state index contributed by atoms with van der Waals surface area (Å²) in [6.45, 7) is -0.0666. The molecule has 5 heteroatoms. The van der Waals surface area contributed by atoms with E-state index in [-0.39, 0.29) is 17.9 Å². The van der Waals surface area contributed by atoms with E-state index in [9.17, 15) is 10.4 Å². The molecule has 0 spiro atoms. The first kappa shape index (κ1) is 14.1. The molecule has 0 aliphatic carbocycles. The smallest absolute Gasteiger partial charge is 0.151 e. The van der Waals surface area contributed by atoms with Crippen LogP contribution >= 0.6 is 11.3 Å². The van der Waals surface area contributed by atoms with Crippen molar-refractivity contribution in [3.05, 3.63) is 65.4 Å². The Labute approximate surface area is 131 Å². The van der Waals surface area contributed by atoms with Crippen molar-refractivity contribution < 1.29 is 9.84 Å². The summed E-state index contributed by atoms with van der Waals surface area (Å²) >= 11 is 1.37. The SMILES string of the molecule is N#CC(=C(O)COc1ccccc1)c1nc2ccccc2s1. The van der Waals surface area contributed by atoms with Crippen molar-refractivity contribution in [2.24, 2.45) is 0 Å². The van der Waals surface area contributed by atoms with Crippen molar-refractivity contribution in [1.82, 2.24) is 4.98 Å². The molecule has 1 heterocycles. The van der Waals surface area contributed by atoms with Gasteiger partial charge in [-0.15, -0.1) is 11.3 Å². The Morgan fingerprint density at radius 1 is 1.14 bits per heavy atom. The lowest BCUT2D eigenvalue weighted by molar-refractivity contribution is 0.272. The summed E-state index contributed by atoms with van der Waals surface area (Å²) in [5, 5.41) is 20.0. The lowest BCUT2D eigenvalue weighted by atomic mass is 10.2. The van der Waals surface area contributed by atoms with Crippen LogP contribution < -0.4 is 4.74 Å². The van der Waals surface area contributed by atoms with Gasteiger partial charge in [-0.25, -0.2) is 4.98 Å². The first-order valence-electron chi connectivity index (χ1n) is 6.64. The largest absolute Gasteiger partial charge is 0.507 e. The molecule has 1 N–H and O–H groups in total. The maximum atomic E-state index is 10.1. The number of para-hydroxylation sites is 2. The number of benzene rings is 2. The fourth-order valence-electron chi connectivity index (χ4n) is 1.96. The van der Waals surface area contributed by atoms with E-state index in [4.69, 9.17) is 4.74 Å². The van der Waals surface area contributed by atoms with Crippen molar-refractivity contribution >= 4 is 27.1 Å². The maximum absolute atomic E-state index is 10.1. The Kier molecular flexibility index (Phi) is 4.03. The molecular formula is C17H12N2O2S. The molecule has 0 saturated carbocycles. The van der Waals surface area contributed by atoms with Gasteiger partial charge in [-0.1, -0.05) is 30.3 Å². The van der Waals surface area contributed by atoms with Gasteiger partial charge >= 0.3 is 0 Å². The molecule has 0 radical (unpaired) electrons. The molecule has 4 nitrogen and oxygen atoms in total. The van der Waals surface area contributed by atoms with Crippen LogP contribution in [0.5, 0.6) is 5.75 Å². The van der Waals surface area contributed by atoms with Crippen molar-refractivity contribution in [1.29, 1.82) is 5.26 Å². The molecule has 0 atom stereocenters. The standard InChI is InChI=1S/C17H12N2O2S/c18-10-13(15(20)11-21-12-6-2-1-3-7-12)17-19-14-8-4-5-9-16(14)22-17/h1-9,20H,11H2. The van der Waals surface area contributed by atoms with Crippen LogP contribution in [-0.2, 0) is 0 Å². The van der Waals surface area contributed by atoms with Gasteiger partial charge in [0.05, 0.1) is 10.2 Å². The zero-order valence-corrected chi connectivity index (χ0v) is 12.4. The number of nitrogens with zero attached hydrogens (tertiary/aromatic N) is 2. The predicted molar refractivity (Wildman–Crippen MR) is 86.7 cm³/mol. The number of aliphatic hydroxyl groups is 1. The molecule has 108 valence electrons. The van der Waals surface area contributed by atoms with Crippen LogP contribution in [0.4, 0.5) is 0 Å². The van der Waals surface area contributed by atoms with Gasteiger partial charge in [0, 0.05) is 0 Å². The fraction of sp³-hybridized carbons (Fsp3) is 0.0588. The second kappa shape index (κ2) is 6.29. The van der Waals surface area contributed by atoms with Gasteiger partial charge in [-0.05, 0) is 24.3 Å². The van der Waals surface area contributed by atoms with Gasteiger partial charge in [-0.3, -0.25) is 0 Å². The molecule has 3 rings (SSSR count). The highest BCUT2D eigenvalue weighted by atomic mass is 32.1. The minimum atomic E-state index is -0.120. The van der Waals surface area contributed by atoms with E-state index in [0.717, 1.165) is 10.2 Å². The summed E-state index contributed by atoms with van der Waals surface area (Å²) in [5.41, 5.74) is 0.962. The monoisotopic (exact) mass is 308 g/mol. The van der Waals surface area contributed by atoms with Crippen molar-refractivity contribution in [2.45, 2.75) is 0 Å². The first-order chi connectivity index (χ1) is 10.8. The molecule has 3 aromatic rings. The Bertz CT molecular complexity index is 830. The van der Waals surface area contributed by atoms with Crippen LogP contribution in [0.25, 0.3) is 15.8 Å². The van der Waals surface area contributed by atoms with Crippen LogP contribution in [0, 0.1) is 11.3 Å². The zero-order chi connectivity index (χ0) is 15.4. The number of allylic oxidation sites excluding steroid dienone is 1. The van der Waals surface area contributed by atoms with Crippen LogP contribution in [-0.4, -0.2) is 16.7 Å². The predicted octanol–water partition coefficient (Wildman–Crippen LogP) is 4.17. The molecule has 0 unspecified atom stereocenters. The highest BCUT2D eigenvalue weighted by molar-refractivity contribution is 7.19. The highest BCUT2D eigenvalue weighted by Gasteiger charge is 2.14. The van der Waals surface area contributed by atoms with E-state index in [1.165, 1.54) is 11.3 Å². The molecule has 0 amide bonds. The Morgan fingerprint density at radius 2 is 1.86 bits per heavy atom. The number of hydrogen-bond donors (Lipinski definition) is 1. The lowest BCUT2D eigenvalue weighted by Gasteiger charge is -2.06. The topological polar surface area (TPSA) is 66.1 Å². The molecule has 22 heavy (non-hydrogen) atoms. The summed E-state index contributed by atoms with van der Waals surface area (Å²) in [6, 6.07) is 18.8. The number of hydrogen-bond acceptors (Lipinski definition) is 5. The zero-order valence-electron chi connectivity index (χ0n) is 11.6. The molecule has 0 aliphatic rings. The number of aliphatic hydroxyl groups excluding tert-OH is 1. The Hall–Kier alpha value is -2.84. The van der Waals surface area contributed by atoms with Crippen molar-refractivity contribution in [2.75, 3.05) is 6.61 Å². The number of aromatic nitrogens is 1. The van der Waals surface area contributed by atoms with Crippen molar-refractivity contribution in [3.8, 4) is 11.8 Å². The molecular weight excluding hydrogens is 296 g/mol. The quantitative estimate of drug-likeness (QED) is 0.580. The summed E-state index contributed by atoms with van der Waals surface area (Å²) in [5.74, 6) is 0.515. The Balaban J connectivity index is 1.86. The van der Waals surface area contributed by atoms with Gasteiger partial charge in [-0.2, -0.15) is 5.26 Å². The van der Waals surface area contributed by atoms with Crippen molar-refractivity contribution in [3.63, 3.8) is 0 Å². The number of nitriles is 1. The summed E-state index contributed by atoms with van der Waals surface area (Å²) in [6.07, 6.45) is 0. The van der Waals surface area contributed by atoms with E-state index in [1.807, 2.05) is 48.5 Å². The highest BCUT2D eigenvalue weighted by Crippen LogP contribution is 2.28. The number of fused-ring (bicyclic) bond motifs is 1. The molecule has 0 saturated heterocycles. The molecule has 1 aromatic heterocycles. The van der Waals surface area contributed by atoms with E-state index in [1.54, 1.807) is 12.1 Å². The second-order valence-corrected chi connectivity index (χ2v) is 5.55. The number of ether oxygens (including phenoxy) is 1. The summed E-state index contributed by atoms with van der Waals surface area (Å²) in [4.78, 5) is 4.38. The number of thiazole rings is 1. The first-order valence-corrected chi connectivity index (χ1v) is 7.45. The molecule has 0 aliphatic heterocycles. The molecule has 0 fully saturated rings. The van der Waals surface area contributed by atoms with E-state index >= 15 is 0 Å². The van der Waals surface area contributed by atoms with Gasteiger partial charge in [0.1, 0.15) is 29.0 Å². The third-order valence-electron chi connectivity index (χ3n) is 3.03. The minimum Gasteiger partial charge on any atom is -0.507 e. The summed E-state index contributed by atoms with van der Waals surface area (Å²) in [7, 11) is 0. The molecule has 2 aromatic carbocycles. The third-order valence-corrected chi connectivity index (χ3v) is 4.08. The van der Waals surface area contributed by atoms with Gasteiger partial charge in [0.25, 0.3) is 0 Å². The average molecular weight is 308 g/mol. The van der Waals surface area contributed by atoms with Gasteiger partial charge in [0.2, 0.25) is 0 Å². The van der Waals surface area contributed by atoms with Gasteiger partial charge in [0.15, 0.2) is 5.76 Å². The second-order valence-electron chi connectivity index (χ2n) is 4.52. The van der Waals surface area contributed by atoms with E-state index in [2.05, 4.69) is 4.98 Å². The van der Waals surface area contributed by atoms with Crippen LogP contribution in [0.15, 0.2) is 60.4 Å². The third kappa shape index (κ3) is 2.92. The summed E-state index contributed by atoms with van der Waals surface area (Å²) < 4.78 is 6.44. The van der Waals surface area contributed by atoms with Gasteiger partial charge < -0.3 is 9.84 Å². The fourth-order valence-corrected chi connectivity index (χ4v) is 2.94. The van der Waals surface area contributed by atoms with Crippen LogP contribution in [0.2, 0.25) is 0 Å². The van der Waals surface area contributed by atoms with E-state index < -0.39 is 0 Å². The van der Waals surface area contributed by atoms with Crippen LogP contribution in [0.3, 0.4) is 0 Å². The average Bonchev–Trinajstić information content (AvgIpc) is 2.98. The lowest BCUT2D eigenvalue weighted by Crippen LogP contribution is -2.03. The molecule has 0 bridgehead atoms. The maximum Gasteiger partial charge on any atom is 0.151 e.